The molecule has 1 heterocycles. The molecule has 0 saturated carbocycles. The maximum Gasteiger partial charge on any atom is 0.347 e. The van der Waals surface area contributed by atoms with Crippen molar-refractivity contribution in [3.05, 3.63) is 63.5 Å². The quantitative estimate of drug-likeness (QED) is 0.676. The highest BCUT2D eigenvalue weighted by Gasteiger charge is 2.08. The topological polar surface area (TPSA) is 43.1 Å². The predicted octanol–water partition coefficient (Wildman–Crippen LogP) is 3.82. The fourth-order valence-electron chi connectivity index (χ4n) is 1.95. The van der Waals surface area contributed by atoms with Crippen molar-refractivity contribution in [1.29, 1.82) is 0 Å². The molecule has 4 heteroatoms. The minimum Gasteiger partial charge on any atom is -0.403 e. The Morgan fingerprint density at radius 2 is 2.00 bits per heavy atom. The molecule has 2 aromatic carbocycles. The number of fused-ring (bicyclic) bond motifs is 1. The highest BCUT2D eigenvalue weighted by Crippen LogP contribution is 2.21. The van der Waals surface area contributed by atoms with Crippen LogP contribution in [0.4, 0.5) is 0 Å². The second kappa shape index (κ2) is 4.52. The first-order chi connectivity index (χ1) is 9.13. The van der Waals surface area contributed by atoms with E-state index in [0.717, 1.165) is 11.1 Å². The Hall–Kier alpha value is -2.13. The van der Waals surface area contributed by atoms with Crippen LogP contribution in [0.3, 0.4) is 0 Å². The smallest absolute Gasteiger partial charge is 0.347 e. The summed E-state index contributed by atoms with van der Waals surface area (Å²) in [6.45, 7) is 1.97. The molecule has 0 aliphatic rings. The van der Waals surface area contributed by atoms with Gasteiger partial charge in [0.2, 0.25) is 5.89 Å². The highest BCUT2D eigenvalue weighted by molar-refractivity contribution is 6.31. The Morgan fingerprint density at radius 1 is 1.16 bits per heavy atom. The lowest BCUT2D eigenvalue weighted by Gasteiger charge is -2.02. The summed E-state index contributed by atoms with van der Waals surface area (Å²) in [6, 6.07) is 12.6. The summed E-state index contributed by atoms with van der Waals surface area (Å²) in [5.41, 5.74) is 2.02. The molecule has 3 rings (SSSR count). The third kappa shape index (κ3) is 2.25. The van der Waals surface area contributed by atoms with Crippen molar-refractivity contribution in [3.8, 4) is 11.5 Å². The number of rotatable bonds is 1. The van der Waals surface area contributed by atoms with Crippen LogP contribution in [-0.4, -0.2) is 4.98 Å². The van der Waals surface area contributed by atoms with Crippen molar-refractivity contribution in [2.45, 2.75) is 6.92 Å². The second-order valence-corrected chi connectivity index (χ2v) is 4.77. The number of halogens is 1. The Bertz CT molecular complexity index is 824. The monoisotopic (exact) mass is 271 g/mol. The van der Waals surface area contributed by atoms with Crippen molar-refractivity contribution in [1.82, 2.24) is 4.98 Å². The van der Waals surface area contributed by atoms with E-state index in [9.17, 15) is 4.79 Å². The lowest BCUT2D eigenvalue weighted by molar-refractivity contribution is 0.518. The summed E-state index contributed by atoms with van der Waals surface area (Å²) in [7, 11) is 0. The van der Waals surface area contributed by atoms with Crippen LogP contribution in [0.1, 0.15) is 5.56 Å². The van der Waals surface area contributed by atoms with Crippen LogP contribution in [0.15, 0.2) is 51.7 Å². The summed E-state index contributed by atoms with van der Waals surface area (Å²) in [4.78, 5) is 16.3. The zero-order chi connectivity index (χ0) is 13.4. The van der Waals surface area contributed by atoms with Crippen LogP contribution in [0.2, 0.25) is 5.02 Å². The van der Waals surface area contributed by atoms with Gasteiger partial charge < -0.3 is 4.42 Å². The van der Waals surface area contributed by atoms with Crippen molar-refractivity contribution in [2.75, 3.05) is 0 Å². The lowest BCUT2D eigenvalue weighted by atomic mass is 10.1. The first-order valence-corrected chi connectivity index (χ1v) is 6.19. The minimum atomic E-state index is -0.427. The lowest BCUT2D eigenvalue weighted by Crippen LogP contribution is -2.02. The molecule has 1 aromatic heterocycles. The molecular weight excluding hydrogens is 262 g/mol. The van der Waals surface area contributed by atoms with E-state index in [1.165, 1.54) is 0 Å². The molecule has 0 atom stereocenters. The maximum absolute atomic E-state index is 11.9. The van der Waals surface area contributed by atoms with Crippen LogP contribution in [-0.2, 0) is 0 Å². The van der Waals surface area contributed by atoms with Gasteiger partial charge in [0, 0.05) is 10.6 Å². The summed E-state index contributed by atoms with van der Waals surface area (Å²) < 4.78 is 5.26. The average molecular weight is 272 g/mol. The summed E-state index contributed by atoms with van der Waals surface area (Å²) in [5.74, 6) is 0.323. The molecule has 0 spiro atoms. The molecule has 0 fully saturated rings. The van der Waals surface area contributed by atoms with Crippen LogP contribution in [0, 0.1) is 6.92 Å². The van der Waals surface area contributed by atoms with Gasteiger partial charge in [-0.05, 0) is 37.3 Å². The van der Waals surface area contributed by atoms with E-state index in [1.807, 2.05) is 31.2 Å². The molecule has 0 saturated heterocycles. The van der Waals surface area contributed by atoms with Gasteiger partial charge >= 0.3 is 5.63 Å². The molecule has 3 nitrogen and oxygen atoms in total. The molecule has 0 radical (unpaired) electrons. The van der Waals surface area contributed by atoms with E-state index >= 15 is 0 Å². The number of aryl methyl sites for hydroxylation is 1. The van der Waals surface area contributed by atoms with Gasteiger partial charge in [-0.15, -0.1) is 0 Å². The van der Waals surface area contributed by atoms with Crippen molar-refractivity contribution < 1.29 is 4.42 Å². The van der Waals surface area contributed by atoms with Gasteiger partial charge in [-0.3, -0.25) is 0 Å². The van der Waals surface area contributed by atoms with E-state index in [-0.39, 0.29) is 0 Å². The number of hydrogen-bond donors (Lipinski definition) is 0. The molecule has 94 valence electrons. The molecule has 19 heavy (non-hydrogen) atoms. The maximum atomic E-state index is 11.9. The molecule has 0 N–H and O–H groups in total. The van der Waals surface area contributed by atoms with E-state index in [2.05, 4.69) is 4.98 Å². The van der Waals surface area contributed by atoms with E-state index in [1.54, 1.807) is 18.2 Å². The van der Waals surface area contributed by atoms with Gasteiger partial charge in [0.25, 0.3) is 0 Å². The van der Waals surface area contributed by atoms with Crippen LogP contribution in [0.5, 0.6) is 0 Å². The highest BCUT2D eigenvalue weighted by atomic mass is 35.5. The fourth-order valence-corrected chi connectivity index (χ4v) is 2.12. The standard InChI is InChI=1S/C15H10ClNO2/c1-9-3-2-4-10(7-9)14-17-13-6-5-11(16)8-12(13)15(18)19-14/h2-8H,1H3. The second-order valence-electron chi connectivity index (χ2n) is 4.34. The number of aromatic nitrogens is 1. The number of nitrogens with zero attached hydrogens (tertiary/aromatic N) is 1. The number of benzene rings is 2. The van der Waals surface area contributed by atoms with E-state index in [0.29, 0.717) is 21.8 Å². The average Bonchev–Trinajstić information content (AvgIpc) is 2.39. The SMILES string of the molecule is Cc1cccc(-c2nc3ccc(Cl)cc3c(=O)o2)c1. The summed E-state index contributed by atoms with van der Waals surface area (Å²) in [6.07, 6.45) is 0. The molecule has 0 aliphatic heterocycles. The molecule has 0 amide bonds. The predicted molar refractivity (Wildman–Crippen MR) is 75.5 cm³/mol. The Morgan fingerprint density at radius 3 is 2.79 bits per heavy atom. The van der Waals surface area contributed by atoms with Crippen LogP contribution < -0.4 is 5.63 Å². The molecule has 0 bridgehead atoms. The van der Waals surface area contributed by atoms with Gasteiger partial charge in [0.1, 0.15) is 0 Å². The Labute approximate surface area is 114 Å². The molecular formula is C15H10ClNO2. The molecule has 3 aromatic rings. The van der Waals surface area contributed by atoms with E-state index in [4.69, 9.17) is 16.0 Å². The van der Waals surface area contributed by atoms with Gasteiger partial charge in [-0.2, -0.15) is 0 Å². The zero-order valence-corrected chi connectivity index (χ0v) is 10.9. The molecule has 0 unspecified atom stereocenters. The Kier molecular flexibility index (Phi) is 2.84. The largest absolute Gasteiger partial charge is 0.403 e. The van der Waals surface area contributed by atoms with Gasteiger partial charge in [-0.1, -0.05) is 29.3 Å². The van der Waals surface area contributed by atoms with E-state index < -0.39 is 5.63 Å². The minimum absolute atomic E-state index is 0.323. The van der Waals surface area contributed by atoms with Crippen molar-refractivity contribution >= 4 is 22.5 Å². The van der Waals surface area contributed by atoms with Gasteiger partial charge in [-0.25, -0.2) is 9.78 Å². The molecule has 0 aliphatic carbocycles. The van der Waals surface area contributed by atoms with Crippen molar-refractivity contribution in [2.24, 2.45) is 0 Å². The van der Waals surface area contributed by atoms with Crippen LogP contribution in [0.25, 0.3) is 22.4 Å². The first-order valence-electron chi connectivity index (χ1n) is 5.81. The third-order valence-electron chi connectivity index (χ3n) is 2.85. The fraction of sp³-hybridized carbons (Fsp3) is 0.0667. The third-order valence-corrected chi connectivity index (χ3v) is 3.09. The number of hydrogen-bond acceptors (Lipinski definition) is 3. The van der Waals surface area contributed by atoms with Gasteiger partial charge in [0.15, 0.2) is 0 Å². The summed E-state index contributed by atoms with van der Waals surface area (Å²) >= 11 is 5.86. The van der Waals surface area contributed by atoms with Gasteiger partial charge in [0.05, 0.1) is 10.9 Å². The van der Waals surface area contributed by atoms with Crippen molar-refractivity contribution in [3.63, 3.8) is 0 Å². The Balaban J connectivity index is 2.27. The zero-order valence-electron chi connectivity index (χ0n) is 10.2. The summed E-state index contributed by atoms with van der Waals surface area (Å²) in [5, 5.41) is 0.883. The van der Waals surface area contributed by atoms with Crippen LogP contribution >= 0.6 is 11.6 Å². The normalized spacial score (nSPS) is 10.8. The first kappa shape index (κ1) is 11.9.